The van der Waals surface area contributed by atoms with E-state index in [-0.39, 0.29) is 11.1 Å². The van der Waals surface area contributed by atoms with E-state index >= 15 is 0 Å². The molecule has 0 saturated heterocycles. The van der Waals surface area contributed by atoms with Crippen LogP contribution in [-0.2, 0) is 0 Å². The molecule has 0 aromatic heterocycles. The number of halogens is 4. The van der Waals surface area contributed by atoms with Crippen molar-refractivity contribution >= 4 is 0 Å². The quantitative estimate of drug-likeness (QED) is 0.648. The van der Waals surface area contributed by atoms with Gasteiger partial charge in [0.1, 0.15) is 5.82 Å². The third-order valence-corrected chi connectivity index (χ3v) is 2.83. The highest BCUT2D eigenvalue weighted by Gasteiger charge is 2.18. The minimum atomic E-state index is -1.59. The van der Waals surface area contributed by atoms with Crippen molar-refractivity contribution in [1.82, 2.24) is 0 Å². The van der Waals surface area contributed by atoms with E-state index in [9.17, 15) is 17.6 Å². The molecule has 0 heterocycles. The molecule has 0 saturated carbocycles. The molecule has 2 aromatic rings. The van der Waals surface area contributed by atoms with E-state index in [0.717, 1.165) is 18.2 Å². The maximum Gasteiger partial charge on any atom is 0.195 e. The van der Waals surface area contributed by atoms with E-state index in [0.29, 0.717) is 5.56 Å². The Morgan fingerprint density at radius 2 is 1.58 bits per heavy atom. The second kappa shape index (κ2) is 5.01. The predicted molar refractivity (Wildman–Crippen MR) is 64.3 cm³/mol. The van der Waals surface area contributed by atoms with Crippen LogP contribution in [0.2, 0.25) is 0 Å². The zero-order chi connectivity index (χ0) is 14.2. The number of hydrogen-bond acceptors (Lipinski definition) is 1. The molecule has 19 heavy (non-hydrogen) atoms. The molecule has 1 atom stereocenters. The Kier molecular flexibility index (Phi) is 3.57. The fourth-order valence-electron chi connectivity index (χ4n) is 1.89. The topological polar surface area (TPSA) is 26.0 Å². The molecule has 0 bridgehead atoms. The Morgan fingerprint density at radius 3 is 2.21 bits per heavy atom. The minimum absolute atomic E-state index is 0.117. The summed E-state index contributed by atoms with van der Waals surface area (Å²) in [4.78, 5) is 0. The summed E-state index contributed by atoms with van der Waals surface area (Å²) in [6.07, 6.45) is 0. The molecule has 0 aliphatic heterocycles. The van der Waals surface area contributed by atoms with Crippen LogP contribution < -0.4 is 5.73 Å². The lowest BCUT2D eigenvalue weighted by molar-refractivity contribution is 0.449. The van der Waals surface area contributed by atoms with Crippen molar-refractivity contribution < 1.29 is 17.6 Å². The van der Waals surface area contributed by atoms with Crippen molar-refractivity contribution in [1.29, 1.82) is 0 Å². The smallest absolute Gasteiger partial charge is 0.195 e. The summed E-state index contributed by atoms with van der Waals surface area (Å²) in [7, 11) is 0. The summed E-state index contributed by atoms with van der Waals surface area (Å²) >= 11 is 0. The summed E-state index contributed by atoms with van der Waals surface area (Å²) < 4.78 is 53.2. The van der Waals surface area contributed by atoms with Gasteiger partial charge in [0.05, 0.1) is 0 Å². The molecule has 2 aromatic carbocycles. The number of nitrogens with two attached hydrogens (primary N) is 1. The average Bonchev–Trinajstić information content (AvgIpc) is 2.35. The van der Waals surface area contributed by atoms with Gasteiger partial charge in [-0.15, -0.1) is 0 Å². The van der Waals surface area contributed by atoms with Crippen molar-refractivity contribution in [2.24, 2.45) is 5.73 Å². The molecule has 0 aliphatic rings. The van der Waals surface area contributed by atoms with Crippen molar-refractivity contribution in [3.8, 4) is 11.1 Å². The van der Waals surface area contributed by atoms with Crippen molar-refractivity contribution in [2.45, 2.75) is 13.0 Å². The van der Waals surface area contributed by atoms with Crippen LogP contribution in [0, 0.1) is 23.3 Å². The summed E-state index contributed by atoms with van der Waals surface area (Å²) in [5.41, 5.74) is 6.06. The van der Waals surface area contributed by atoms with Gasteiger partial charge in [-0.1, -0.05) is 6.07 Å². The Bertz CT molecular complexity index is 623. The van der Waals surface area contributed by atoms with Gasteiger partial charge in [-0.2, -0.15) is 0 Å². The van der Waals surface area contributed by atoms with Crippen molar-refractivity contribution in [3.63, 3.8) is 0 Å². The van der Waals surface area contributed by atoms with Crippen LogP contribution in [0.1, 0.15) is 18.5 Å². The molecule has 0 radical (unpaired) electrons. The van der Waals surface area contributed by atoms with E-state index in [1.165, 1.54) is 12.1 Å². The van der Waals surface area contributed by atoms with E-state index in [1.54, 1.807) is 6.92 Å². The zero-order valence-electron chi connectivity index (χ0n) is 10.1. The molecular weight excluding hydrogens is 258 g/mol. The standard InChI is InChI=1S/C14H11F4N/c1-7(19)9-3-2-8(15)6-11(9)10-4-5-12(16)14(18)13(10)17/h2-7H,19H2,1H3. The van der Waals surface area contributed by atoms with E-state index in [4.69, 9.17) is 5.73 Å². The van der Waals surface area contributed by atoms with E-state index < -0.39 is 29.3 Å². The molecule has 1 unspecified atom stereocenters. The van der Waals surface area contributed by atoms with Gasteiger partial charge in [-0.3, -0.25) is 0 Å². The van der Waals surface area contributed by atoms with Gasteiger partial charge < -0.3 is 5.73 Å². The normalized spacial score (nSPS) is 12.5. The maximum absolute atomic E-state index is 13.7. The summed E-state index contributed by atoms with van der Waals surface area (Å²) in [6.45, 7) is 1.63. The molecule has 2 N–H and O–H groups in total. The summed E-state index contributed by atoms with van der Waals surface area (Å²) in [6, 6.07) is 4.99. The lowest BCUT2D eigenvalue weighted by atomic mass is 9.95. The Labute approximate surface area is 107 Å². The third-order valence-electron chi connectivity index (χ3n) is 2.83. The van der Waals surface area contributed by atoms with Crippen molar-refractivity contribution in [3.05, 3.63) is 59.2 Å². The van der Waals surface area contributed by atoms with Gasteiger partial charge in [0, 0.05) is 11.6 Å². The van der Waals surface area contributed by atoms with Gasteiger partial charge in [0.2, 0.25) is 0 Å². The van der Waals surface area contributed by atoms with Gasteiger partial charge >= 0.3 is 0 Å². The second-order valence-corrected chi connectivity index (χ2v) is 4.24. The Balaban J connectivity index is 2.71. The molecule has 0 fully saturated rings. The first kappa shape index (κ1) is 13.5. The average molecular weight is 269 g/mol. The highest BCUT2D eigenvalue weighted by atomic mass is 19.2. The summed E-state index contributed by atoms with van der Waals surface area (Å²) in [5.74, 6) is -4.84. The van der Waals surface area contributed by atoms with Gasteiger partial charge in [0.15, 0.2) is 17.5 Å². The maximum atomic E-state index is 13.7. The lowest BCUT2D eigenvalue weighted by Gasteiger charge is -2.14. The number of rotatable bonds is 2. The molecule has 2 rings (SSSR count). The van der Waals surface area contributed by atoms with Crippen LogP contribution in [0.4, 0.5) is 17.6 Å². The molecule has 0 spiro atoms. The Hall–Kier alpha value is -1.88. The molecule has 1 nitrogen and oxygen atoms in total. The third kappa shape index (κ3) is 2.46. The SMILES string of the molecule is CC(N)c1ccc(F)cc1-c1ccc(F)c(F)c1F. The molecule has 100 valence electrons. The molecular formula is C14H11F4N. The monoisotopic (exact) mass is 269 g/mol. The molecule has 0 amide bonds. The number of hydrogen-bond donors (Lipinski definition) is 1. The van der Waals surface area contributed by atoms with Crippen LogP contribution in [0.25, 0.3) is 11.1 Å². The summed E-state index contributed by atoms with van der Waals surface area (Å²) in [5, 5.41) is 0. The van der Waals surface area contributed by atoms with Gasteiger partial charge in [-0.25, -0.2) is 17.6 Å². The lowest BCUT2D eigenvalue weighted by Crippen LogP contribution is -2.08. The fourth-order valence-corrected chi connectivity index (χ4v) is 1.89. The highest BCUT2D eigenvalue weighted by molar-refractivity contribution is 5.68. The first-order valence-electron chi connectivity index (χ1n) is 5.60. The first-order valence-corrected chi connectivity index (χ1v) is 5.60. The zero-order valence-corrected chi connectivity index (χ0v) is 10.1. The molecule has 5 heteroatoms. The van der Waals surface area contributed by atoms with Crippen LogP contribution in [0.5, 0.6) is 0 Å². The largest absolute Gasteiger partial charge is 0.324 e. The van der Waals surface area contributed by atoms with Gasteiger partial charge in [0.25, 0.3) is 0 Å². The minimum Gasteiger partial charge on any atom is -0.324 e. The van der Waals surface area contributed by atoms with Crippen LogP contribution in [-0.4, -0.2) is 0 Å². The molecule has 0 aliphatic carbocycles. The number of benzene rings is 2. The predicted octanol–water partition coefficient (Wildman–Crippen LogP) is 3.93. The second-order valence-electron chi connectivity index (χ2n) is 4.24. The van der Waals surface area contributed by atoms with E-state index in [1.807, 2.05) is 0 Å². The fraction of sp³-hybridized carbons (Fsp3) is 0.143. The van der Waals surface area contributed by atoms with Gasteiger partial charge in [-0.05, 0) is 42.3 Å². The van der Waals surface area contributed by atoms with Crippen LogP contribution in [0.15, 0.2) is 30.3 Å². The van der Waals surface area contributed by atoms with E-state index in [2.05, 4.69) is 0 Å². The van der Waals surface area contributed by atoms with Crippen LogP contribution >= 0.6 is 0 Å². The van der Waals surface area contributed by atoms with Crippen LogP contribution in [0.3, 0.4) is 0 Å². The van der Waals surface area contributed by atoms with Crippen molar-refractivity contribution in [2.75, 3.05) is 0 Å². The highest BCUT2D eigenvalue weighted by Crippen LogP contribution is 2.31. The Morgan fingerprint density at radius 1 is 0.895 bits per heavy atom. The first-order chi connectivity index (χ1) is 8.91.